The van der Waals surface area contributed by atoms with Gasteiger partial charge in [0.1, 0.15) is 5.75 Å². The molecule has 0 spiro atoms. The van der Waals surface area contributed by atoms with E-state index in [0.717, 1.165) is 22.4 Å². The van der Waals surface area contributed by atoms with Gasteiger partial charge in [-0.25, -0.2) is 0 Å². The Morgan fingerprint density at radius 1 is 1.10 bits per heavy atom. The SMILES string of the molecule is C=Cc1cc(O)c2c(c1C(C)(C)c1ccc(O)cc1)O2. The Balaban J connectivity index is 2.18. The van der Waals surface area contributed by atoms with Crippen molar-refractivity contribution in [1.29, 1.82) is 0 Å². The zero-order valence-corrected chi connectivity index (χ0v) is 11.5. The van der Waals surface area contributed by atoms with Crippen molar-refractivity contribution in [3.8, 4) is 23.0 Å². The second kappa shape index (κ2) is 4.04. The lowest BCUT2D eigenvalue weighted by molar-refractivity contribution is 0.463. The summed E-state index contributed by atoms with van der Waals surface area (Å²) in [5.74, 6) is 1.68. The molecule has 0 bridgehead atoms. The van der Waals surface area contributed by atoms with Crippen molar-refractivity contribution in [3.05, 3.63) is 53.6 Å². The highest BCUT2D eigenvalue weighted by Crippen LogP contribution is 2.59. The van der Waals surface area contributed by atoms with E-state index < -0.39 is 0 Å². The standard InChI is InChI=1S/C17H16O3/c1-4-10-9-13(19)15-16(20-15)14(10)17(2,3)11-5-7-12(18)8-6-11/h4-9,18-19H,1H2,2-3H3. The maximum Gasteiger partial charge on any atom is 0.212 e. The Kier molecular flexibility index (Phi) is 2.54. The van der Waals surface area contributed by atoms with E-state index in [1.54, 1.807) is 24.3 Å². The average Bonchev–Trinajstić information content (AvgIpc) is 3.19. The summed E-state index contributed by atoms with van der Waals surface area (Å²) in [7, 11) is 0. The van der Waals surface area contributed by atoms with Crippen LogP contribution >= 0.6 is 0 Å². The second-order valence-corrected chi connectivity index (χ2v) is 5.50. The normalized spacial score (nSPS) is 12.5. The van der Waals surface area contributed by atoms with E-state index in [1.807, 2.05) is 12.1 Å². The number of ether oxygens (including phenoxy) is 1. The fraction of sp³-hybridized carbons (Fsp3) is 0.176. The van der Waals surface area contributed by atoms with Gasteiger partial charge in [-0.05, 0) is 29.3 Å². The van der Waals surface area contributed by atoms with Crippen LogP contribution in [0.1, 0.15) is 30.5 Å². The van der Waals surface area contributed by atoms with E-state index in [4.69, 9.17) is 4.74 Å². The molecule has 0 unspecified atom stereocenters. The van der Waals surface area contributed by atoms with Gasteiger partial charge in [0.05, 0.1) is 0 Å². The third-order valence-corrected chi connectivity index (χ3v) is 3.84. The summed E-state index contributed by atoms with van der Waals surface area (Å²) < 4.78 is 5.43. The predicted molar refractivity (Wildman–Crippen MR) is 78.5 cm³/mol. The molecule has 0 atom stereocenters. The van der Waals surface area contributed by atoms with Gasteiger partial charge in [0.25, 0.3) is 0 Å². The molecule has 0 saturated carbocycles. The molecule has 0 aromatic heterocycles. The molecule has 2 aromatic rings. The van der Waals surface area contributed by atoms with E-state index in [1.165, 1.54) is 0 Å². The smallest absolute Gasteiger partial charge is 0.212 e. The van der Waals surface area contributed by atoms with Crippen LogP contribution in [0.2, 0.25) is 0 Å². The van der Waals surface area contributed by atoms with Crippen molar-refractivity contribution in [2.24, 2.45) is 0 Å². The summed E-state index contributed by atoms with van der Waals surface area (Å²) in [6, 6.07) is 8.80. The van der Waals surface area contributed by atoms with E-state index in [9.17, 15) is 10.2 Å². The first-order chi connectivity index (χ1) is 9.45. The highest BCUT2D eigenvalue weighted by molar-refractivity contribution is 5.76. The number of fused-ring (bicyclic) bond motifs is 1. The Morgan fingerprint density at radius 3 is 2.35 bits per heavy atom. The van der Waals surface area contributed by atoms with Gasteiger partial charge in [0, 0.05) is 11.0 Å². The highest BCUT2D eigenvalue weighted by Gasteiger charge is 2.39. The maximum absolute atomic E-state index is 9.77. The van der Waals surface area contributed by atoms with Crippen molar-refractivity contribution in [1.82, 2.24) is 0 Å². The number of benzene rings is 2. The molecule has 102 valence electrons. The number of hydrogen-bond donors (Lipinski definition) is 2. The first kappa shape index (κ1) is 12.6. The molecule has 0 aliphatic carbocycles. The lowest BCUT2D eigenvalue weighted by Crippen LogP contribution is -2.19. The molecule has 3 rings (SSSR count). The number of phenols is 2. The Hall–Kier alpha value is -2.42. The van der Waals surface area contributed by atoms with E-state index in [-0.39, 0.29) is 16.9 Å². The molecule has 20 heavy (non-hydrogen) atoms. The third-order valence-electron chi connectivity index (χ3n) is 3.84. The fourth-order valence-corrected chi connectivity index (χ4v) is 2.65. The quantitative estimate of drug-likeness (QED) is 0.701. The summed E-state index contributed by atoms with van der Waals surface area (Å²) in [6.45, 7) is 7.98. The van der Waals surface area contributed by atoms with Crippen LogP contribution in [-0.4, -0.2) is 10.2 Å². The maximum atomic E-state index is 9.77. The van der Waals surface area contributed by atoms with Crippen LogP contribution in [0.15, 0.2) is 36.9 Å². The predicted octanol–water partition coefficient (Wildman–Crippen LogP) is 4.17. The second-order valence-electron chi connectivity index (χ2n) is 5.50. The van der Waals surface area contributed by atoms with Gasteiger partial charge in [-0.1, -0.05) is 38.6 Å². The van der Waals surface area contributed by atoms with Gasteiger partial charge in [-0.3, -0.25) is 0 Å². The summed E-state index contributed by atoms with van der Waals surface area (Å²) in [6.07, 6.45) is 1.72. The van der Waals surface area contributed by atoms with Gasteiger partial charge in [-0.15, -0.1) is 0 Å². The van der Waals surface area contributed by atoms with Crippen LogP contribution < -0.4 is 4.74 Å². The third kappa shape index (κ3) is 1.74. The monoisotopic (exact) mass is 268 g/mol. The number of hydrogen-bond acceptors (Lipinski definition) is 3. The van der Waals surface area contributed by atoms with Crippen LogP contribution in [0, 0.1) is 0 Å². The molecule has 2 aromatic carbocycles. The van der Waals surface area contributed by atoms with Crippen molar-refractivity contribution in [2.75, 3.05) is 0 Å². The average molecular weight is 268 g/mol. The molecule has 1 aliphatic rings. The molecule has 0 radical (unpaired) electrons. The molecular formula is C17H16O3. The zero-order chi connectivity index (χ0) is 14.5. The Labute approximate surface area is 117 Å². The van der Waals surface area contributed by atoms with Crippen molar-refractivity contribution in [2.45, 2.75) is 19.3 Å². The Bertz CT molecular complexity index is 697. The van der Waals surface area contributed by atoms with Crippen LogP contribution in [-0.2, 0) is 5.41 Å². The van der Waals surface area contributed by atoms with Crippen LogP contribution in [0.25, 0.3) is 6.08 Å². The van der Waals surface area contributed by atoms with Crippen molar-refractivity contribution in [3.63, 3.8) is 0 Å². The first-order valence-electron chi connectivity index (χ1n) is 6.45. The minimum atomic E-state index is -0.314. The zero-order valence-electron chi connectivity index (χ0n) is 11.5. The summed E-state index contributed by atoms with van der Waals surface area (Å²) in [5.41, 5.74) is 2.61. The lowest BCUT2D eigenvalue weighted by Gasteiger charge is -2.26. The summed E-state index contributed by atoms with van der Waals surface area (Å²) in [4.78, 5) is 0. The van der Waals surface area contributed by atoms with Gasteiger partial charge >= 0.3 is 0 Å². The molecular weight excluding hydrogens is 252 g/mol. The van der Waals surface area contributed by atoms with Crippen LogP contribution in [0.5, 0.6) is 23.0 Å². The lowest BCUT2D eigenvalue weighted by atomic mass is 9.76. The molecule has 3 nitrogen and oxygen atoms in total. The molecule has 0 fully saturated rings. The van der Waals surface area contributed by atoms with E-state index in [0.29, 0.717) is 5.75 Å². The first-order valence-corrected chi connectivity index (χ1v) is 6.45. The summed E-state index contributed by atoms with van der Waals surface area (Å²) in [5, 5.41) is 19.2. The Morgan fingerprint density at radius 2 is 1.75 bits per heavy atom. The topological polar surface area (TPSA) is 53.0 Å². The largest absolute Gasteiger partial charge is 0.508 e. The summed E-state index contributed by atoms with van der Waals surface area (Å²) >= 11 is 0. The number of aromatic hydroxyl groups is 2. The molecule has 2 N–H and O–H groups in total. The molecule has 0 amide bonds. The minimum Gasteiger partial charge on any atom is -0.508 e. The van der Waals surface area contributed by atoms with Crippen LogP contribution in [0.3, 0.4) is 0 Å². The molecule has 1 heterocycles. The fourth-order valence-electron chi connectivity index (χ4n) is 2.65. The van der Waals surface area contributed by atoms with Gasteiger partial charge in [-0.2, -0.15) is 0 Å². The van der Waals surface area contributed by atoms with Crippen molar-refractivity contribution >= 4 is 6.08 Å². The van der Waals surface area contributed by atoms with Gasteiger partial charge in [0.15, 0.2) is 11.5 Å². The number of rotatable bonds is 3. The number of phenolic OH excluding ortho intramolecular Hbond substituents is 2. The van der Waals surface area contributed by atoms with Crippen LogP contribution in [0.4, 0.5) is 0 Å². The molecule has 1 aliphatic heterocycles. The van der Waals surface area contributed by atoms with Gasteiger partial charge in [0.2, 0.25) is 5.75 Å². The minimum absolute atomic E-state index is 0.153. The van der Waals surface area contributed by atoms with E-state index in [2.05, 4.69) is 20.4 Å². The van der Waals surface area contributed by atoms with E-state index >= 15 is 0 Å². The molecule has 3 heteroatoms. The highest BCUT2D eigenvalue weighted by atomic mass is 16.6. The van der Waals surface area contributed by atoms with Gasteiger partial charge < -0.3 is 14.9 Å². The molecule has 0 saturated heterocycles. The van der Waals surface area contributed by atoms with Crippen molar-refractivity contribution < 1.29 is 14.9 Å².